The highest BCUT2D eigenvalue weighted by molar-refractivity contribution is 7.91. The fourth-order valence-electron chi connectivity index (χ4n) is 3.87. The van der Waals surface area contributed by atoms with Gasteiger partial charge in [0.1, 0.15) is 11.4 Å². The van der Waals surface area contributed by atoms with E-state index in [0.29, 0.717) is 23.0 Å². The lowest BCUT2D eigenvalue weighted by Crippen LogP contribution is -2.41. The molecule has 1 aliphatic rings. The van der Waals surface area contributed by atoms with Crippen LogP contribution in [0.2, 0.25) is 0 Å². The number of hydrogen-bond donors (Lipinski definition) is 0. The van der Waals surface area contributed by atoms with E-state index in [2.05, 4.69) is 0 Å². The molecule has 0 spiro atoms. The molecule has 1 fully saturated rings. The third-order valence-electron chi connectivity index (χ3n) is 5.80. The Morgan fingerprint density at radius 3 is 2.52 bits per heavy atom. The maximum atomic E-state index is 13.4. The Labute approximate surface area is 179 Å². The molecule has 1 aliphatic heterocycles. The van der Waals surface area contributed by atoms with Crippen molar-refractivity contribution >= 4 is 26.7 Å². The zero-order chi connectivity index (χ0) is 22.3. The van der Waals surface area contributed by atoms with Gasteiger partial charge in [-0.05, 0) is 55.2 Å². The van der Waals surface area contributed by atoms with Gasteiger partial charge in [0.15, 0.2) is 21.0 Å². The highest BCUT2D eigenvalue weighted by atomic mass is 32.2. The molecule has 1 unspecified atom stereocenters. The van der Waals surface area contributed by atoms with Crippen LogP contribution in [0.5, 0.6) is 0 Å². The summed E-state index contributed by atoms with van der Waals surface area (Å²) in [4.78, 5) is 27.5. The summed E-state index contributed by atoms with van der Waals surface area (Å²) in [6, 6.07) is 9.74. The van der Waals surface area contributed by atoms with E-state index in [1.807, 2.05) is 19.9 Å². The van der Waals surface area contributed by atoms with Crippen molar-refractivity contribution in [2.45, 2.75) is 32.9 Å². The minimum Gasteiger partial charge on any atom is -0.450 e. The first-order valence-corrected chi connectivity index (χ1v) is 11.8. The molecule has 1 aromatic heterocycles. The summed E-state index contributed by atoms with van der Waals surface area (Å²) in [6.07, 6.45) is 0.297. The molecule has 6 nitrogen and oxygen atoms in total. The molecule has 0 saturated carbocycles. The average Bonchev–Trinajstić information content (AvgIpc) is 3.09. The van der Waals surface area contributed by atoms with Gasteiger partial charge in [-0.2, -0.15) is 0 Å². The summed E-state index contributed by atoms with van der Waals surface area (Å²) >= 11 is 0. The SMILES string of the molecule is Cc1ccc2c(=O)cc(C(=O)N(Cc3ccc(F)cc3)C3CCS(=O)(=O)C3)oc2c1C. The van der Waals surface area contributed by atoms with Crippen LogP contribution in [0.15, 0.2) is 51.7 Å². The van der Waals surface area contributed by atoms with Crippen LogP contribution in [0.25, 0.3) is 11.0 Å². The minimum absolute atomic E-state index is 0.00909. The lowest BCUT2D eigenvalue weighted by molar-refractivity contribution is 0.0648. The van der Waals surface area contributed by atoms with Crippen molar-refractivity contribution in [1.29, 1.82) is 0 Å². The minimum atomic E-state index is -3.26. The van der Waals surface area contributed by atoms with Crippen molar-refractivity contribution in [3.05, 3.63) is 81.0 Å². The number of fused-ring (bicyclic) bond motifs is 1. The zero-order valence-corrected chi connectivity index (χ0v) is 18.0. The average molecular weight is 443 g/mol. The van der Waals surface area contributed by atoms with Gasteiger partial charge in [-0.15, -0.1) is 0 Å². The van der Waals surface area contributed by atoms with Gasteiger partial charge in [-0.1, -0.05) is 18.2 Å². The number of aryl methyl sites for hydroxylation is 2. The molecule has 0 radical (unpaired) electrons. The summed E-state index contributed by atoms with van der Waals surface area (Å²) in [5.74, 6) is -1.28. The number of hydrogen-bond acceptors (Lipinski definition) is 5. The molecule has 0 bridgehead atoms. The maximum Gasteiger partial charge on any atom is 0.290 e. The molecular weight excluding hydrogens is 421 g/mol. The van der Waals surface area contributed by atoms with E-state index in [9.17, 15) is 22.4 Å². The van der Waals surface area contributed by atoms with Crippen molar-refractivity contribution in [2.24, 2.45) is 0 Å². The zero-order valence-electron chi connectivity index (χ0n) is 17.2. The molecule has 4 rings (SSSR count). The number of benzene rings is 2. The molecular formula is C23H22FNO5S. The summed E-state index contributed by atoms with van der Waals surface area (Å²) in [5, 5.41) is 0.383. The molecule has 162 valence electrons. The third-order valence-corrected chi connectivity index (χ3v) is 7.55. The maximum absolute atomic E-state index is 13.4. The number of amides is 1. The van der Waals surface area contributed by atoms with Gasteiger partial charge in [0.05, 0.1) is 16.9 Å². The van der Waals surface area contributed by atoms with Crippen LogP contribution < -0.4 is 5.43 Å². The second-order valence-corrected chi connectivity index (χ2v) is 10.2. The van der Waals surface area contributed by atoms with Gasteiger partial charge in [0, 0.05) is 18.7 Å². The predicted octanol–water partition coefficient (Wildman–Crippen LogP) is 3.38. The summed E-state index contributed by atoms with van der Waals surface area (Å²) in [6.45, 7) is 3.77. The highest BCUT2D eigenvalue weighted by Crippen LogP contribution is 2.25. The monoisotopic (exact) mass is 443 g/mol. The van der Waals surface area contributed by atoms with Crippen LogP contribution in [0, 0.1) is 19.7 Å². The molecule has 0 aliphatic carbocycles. The molecule has 1 atom stereocenters. The number of carbonyl (C=O) groups excluding carboxylic acids is 1. The molecule has 8 heteroatoms. The van der Waals surface area contributed by atoms with Crippen molar-refractivity contribution in [1.82, 2.24) is 4.90 Å². The molecule has 1 amide bonds. The first kappa shape index (κ1) is 21.2. The fourth-order valence-corrected chi connectivity index (χ4v) is 5.60. The Morgan fingerprint density at radius 2 is 1.87 bits per heavy atom. The largest absolute Gasteiger partial charge is 0.450 e. The van der Waals surface area contributed by atoms with Gasteiger partial charge in [0.2, 0.25) is 0 Å². The van der Waals surface area contributed by atoms with Crippen molar-refractivity contribution in [2.75, 3.05) is 11.5 Å². The van der Waals surface area contributed by atoms with Gasteiger partial charge in [0.25, 0.3) is 5.91 Å². The molecule has 3 aromatic rings. The molecule has 31 heavy (non-hydrogen) atoms. The van der Waals surface area contributed by atoms with E-state index in [1.165, 1.54) is 17.0 Å². The van der Waals surface area contributed by atoms with Crippen molar-refractivity contribution in [3.63, 3.8) is 0 Å². The van der Waals surface area contributed by atoms with E-state index >= 15 is 0 Å². The third kappa shape index (κ3) is 4.25. The normalized spacial score (nSPS) is 17.7. The smallest absolute Gasteiger partial charge is 0.290 e. The summed E-state index contributed by atoms with van der Waals surface area (Å²) in [5.41, 5.74) is 2.34. The Balaban J connectivity index is 1.77. The second-order valence-electron chi connectivity index (χ2n) is 7.98. The quantitative estimate of drug-likeness (QED) is 0.617. The highest BCUT2D eigenvalue weighted by Gasteiger charge is 2.36. The van der Waals surface area contributed by atoms with Gasteiger partial charge in [-0.25, -0.2) is 12.8 Å². The standard InChI is InChI=1S/C23H22FNO5S/c1-14-3-8-19-20(26)11-21(30-22(19)15(14)2)23(27)25(18-9-10-31(28,29)13-18)12-16-4-6-17(24)7-5-16/h3-8,11,18H,9-10,12-13H2,1-2H3. The molecule has 1 saturated heterocycles. The number of carbonyl (C=O) groups is 1. The Morgan fingerprint density at radius 1 is 1.16 bits per heavy atom. The van der Waals surface area contributed by atoms with Gasteiger partial charge >= 0.3 is 0 Å². The van der Waals surface area contributed by atoms with Crippen LogP contribution in [0.4, 0.5) is 4.39 Å². The number of nitrogens with zero attached hydrogens (tertiary/aromatic N) is 1. The Bertz CT molecular complexity index is 1330. The van der Waals surface area contributed by atoms with Gasteiger partial charge in [-0.3, -0.25) is 9.59 Å². The predicted molar refractivity (Wildman–Crippen MR) is 115 cm³/mol. The summed E-state index contributed by atoms with van der Waals surface area (Å²) in [7, 11) is -3.26. The molecule has 0 N–H and O–H groups in total. The lowest BCUT2D eigenvalue weighted by atomic mass is 10.1. The van der Waals surface area contributed by atoms with E-state index in [0.717, 1.165) is 17.2 Å². The van der Waals surface area contributed by atoms with E-state index in [4.69, 9.17) is 4.42 Å². The van der Waals surface area contributed by atoms with Crippen LogP contribution in [-0.2, 0) is 16.4 Å². The first-order chi connectivity index (χ1) is 14.6. The fraction of sp³-hybridized carbons (Fsp3) is 0.304. The molecule has 2 heterocycles. The number of sulfone groups is 1. The Hall–Kier alpha value is -3.00. The second kappa shape index (κ2) is 7.92. The van der Waals surface area contributed by atoms with Crippen LogP contribution >= 0.6 is 0 Å². The van der Waals surface area contributed by atoms with Crippen LogP contribution in [0.1, 0.15) is 33.7 Å². The first-order valence-electron chi connectivity index (χ1n) is 9.94. The summed E-state index contributed by atoms with van der Waals surface area (Å²) < 4.78 is 43.3. The number of rotatable bonds is 4. The van der Waals surface area contributed by atoms with Crippen LogP contribution in [0.3, 0.4) is 0 Å². The van der Waals surface area contributed by atoms with E-state index in [-0.39, 0.29) is 29.2 Å². The van der Waals surface area contributed by atoms with Crippen LogP contribution in [-0.4, -0.2) is 36.8 Å². The van der Waals surface area contributed by atoms with E-state index in [1.54, 1.807) is 18.2 Å². The molecule has 2 aromatic carbocycles. The number of halogens is 1. The Kier molecular flexibility index (Phi) is 5.43. The lowest BCUT2D eigenvalue weighted by Gasteiger charge is -2.28. The van der Waals surface area contributed by atoms with E-state index < -0.39 is 27.6 Å². The van der Waals surface area contributed by atoms with Gasteiger partial charge < -0.3 is 9.32 Å². The van der Waals surface area contributed by atoms with Crippen molar-refractivity contribution in [3.8, 4) is 0 Å². The van der Waals surface area contributed by atoms with Crippen molar-refractivity contribution < 1.29 is 22.0 Å². The topological polar surface area (TPSA) is 84.7 Å².